The lowest BCUT2D eigenvalue weighted by molar-refractivity contribution is 0.0161. The number of hydrogen-bond donors (Lipinski definition) is 0. The summed E-state index contributed by atoms with van der Waals surface area (Å²) in [5.74, 6) is 0.454. The van der Waals surface area contributed by atoms with Gasteiger partial charge in [-0.15, -0.1) is 0 Å². The average Bonchev–Trinajstić information content (AvgIpc) is 2.94. The molecule has 2 aliphatic heterocycles. The third-order valence-electron chi connectivity index (χ3n) is 8.24. The Morgan fingerprint density at radius 2 is 1.84 bits per heavy atom. The molecule has 0 bridgehead atoms. The van der Waals surface area contributed by atoms with Crippen molar-refractivity contribution < 1.29 is 9.63 Å². The van der Waals surface area contributed by atoms with Gasteiger partial charge in [0.15, 0.2) is 0 Å². The number of benzene rings is 1. The molecule has 2 fully saturated rings. The Kier molecular flexibility index (Phi) is 8.09. The van der Waals surface area contributed by atoms with Crippen molar-refractivity contribution >= 4 is 38.5 Å². The van der Waals surface area contributed by atoms with E-state index < -0.39 is 0 Å². The summed E-state index contributed by atoms with van der Waals surface area (Å²) >= 11 is 3.53. The number of hydrogen-bond acceptors (Lipinski definition) is 6. The number of aryl methyl sites for hydroxylation is 1. The molecule has 0 radical (unpaired) electrons. The predicted octanol–water partition coefficient (Wildman–Crippen LogP) is 5.85. The number of carbonyl (C=O) groups is 1. The van der Waals surface area contributed by atoms with Crippen molar-refractivity contribution in [2.75, 3.05) is 32.8 Å². The summed E-state index contributed by atoms with van der Waals surface area (Å²) in [6.07, 6.45) is 7.55. The van der Waals surface area contributed by atoms with Gasteiger partial charge in [0, 0.05) is 46.8 Å². The van der Waals surface area contributed by atoms with E-state index in [1.165, 1.54) is 0 Å². The Balaban J connectivity index is 1.21. The largest absolute Gasteiger partial charge is 0.396 e. The molecule has 5 rings (SSSR count). The van der Waals surface area contributed by atoms with Crippen LogP contribution >= 0.6 is 15.9 Å². The van der Waals surface area contributed by atoms with Crippen molar-refractivity contribution in [3.8, 4) is 0 Å². The highest BCUT2D eigenvalue weighted by Gasteiger charge is 2.39. The van der Waals surface area contributed by atoms with Gasteiger partial charge in [-0.2, -0.15) is 0 Å². The smallest absolute Gasteiger partial charge is 0.255 e. The fraction of sp³-hybridized carbons (Fsp3) is 0.467. The van der Waals surface area contributed by atoms with Crippen LogP contribution in [-0.4, -0.2) is 69.7 Å². The third-order valence-corrected chi connectivity index (χ3v) is 8.77. The van der Waals surface area contributed by atoms with Gasteiger partial charge in [0.05, 0.1) is 22.5 Å². The van der Waals surface area contributed by atoms with Crippen LogP contribution in [0.1, 0.15) is 61.1 Å². The fourth-order valence-corrected chi connectivity index (χ4v) is 6.08. The maximum atomic E-state index is 13.4. The molecule has 2 saturated heterocycles. The van der Waals surface area contributed by atoms with Crippen LogP contribution in [0, 0.1) is 12.8 Å². The lowest BCUT2D eigenvalue weighted by Gasteiger charge is -2.49. The number of piperidine rings is 2. The van der Waals surface area contributed by atoms with E-state index >= 15 is 0 Å². The molecule has 2 aliphatic rings. The number of fused-ring (bicyclic) bond motifs is 1. The summed E-state index contributed by atoms with van der Waals surface area (Å²) in [7, 11) is 0. The zero-order valence-electron chi connectivity index (χ0n) is 22.5. The number of aromatic nitrogens is 2. The SMILES string of the molecule is CCON=C(c1ccc(Br)cc1)C1CCN(C2(C)CCN(C(=O)c3cc4cnccc4nc3C)CC2)CC1. The van der Waals surface area contributed by atoms with Gasteiger partial charge in [-0.25, -0.2) is 0 Å². The van der Waals surface area contributed by atoms with Crippen LogP contribution in [0.2, 0.25) is 0 Å². The molecular weight excluding hydrogens is 542 g/mol. The molecule has 0 atom stereocenters. The van der Waals surface area contributed by atoms with Gasteiger partial charge in [-0.1, -0.05) is 33.2 Å². The highest BCUT2D eigenvalue weighted by Crippen LogP contribution is 2.34. The molecule has 3 aromatic rings. The molecule has 0 saturated carbocycles. The van der Waals surface area contributed by atoms with E-state index in [0.717, 1.165) is 84.2 Å². The second-order valence-electron chi connectivity index (χ2n) is 10.6. The van der Waals surface area contributed by atoms with Crippen LogP contribution in [0.25, 0.3) is 10.9 Å². The second kappa shape index (κ2) is 11.5. The third kappa shape index (κ3) is 5.61. The van der Waals surface area contributed by atoms with Crippen molar-refractivity contribution in [2.45, 2.75) is 52.0 Å². The molecule has 2 aromatic heterocycles. The maximum absolute atomic E-state index is 13.4. The maximum Gasteiger partial charge on any atom is 0.255 e. The Bertz CT molecular complexity index is 1310. The first-order valence-corrected chi connectivity index (χ1v) is 14.4. The van der Waals surface area contributed by atoms with E-state index in [1.807, 2.05) is 30.9 Å². The van der Waals surface area contributed by atoms with Crippen LogP contribution in [-0.2, 0) is 4.84 Å². The monoisotopic (exact) mass is 577 g/mol. The van der Waals surface area contributed by atoms with Gasteiger partial charge in [0.2, 0.25) is 0 Å². The molecule has 0 unspecified atom stereocenters. The molecule has 8 heteroatoms. The number of halogens is 1. The lowest BCUT2D eigenvalue weighted by atomic mass is 9.82. The Labute approximate surface area is 233 Å². The average molecular weight is 579 g/mol. The van der Waals surface area contributed by atoms with Crippen LogP contribution in [0.5, 0.6) is 0 Å². The molecule has 0 spiro atoms. The Morgan fingerprint density at radius 1 is 1.13 bits per heavy atom. The van der Waals surface area contributed by atoms with Gasteiger partial charge >= 0.3 is 0 Å². The molecular formula is C30H36BrN5O2. The number of likely N-dealkylation sites (tertiary alicyclic amines) is 2. The number of nitrogens with zero attached hydrogens (tertiary/aromatic N) is 5. The Hall–Kier alpha value is -2.84. The highest BCUT2D eigenvalue weighted by molar-refractivity contribution is 9.10. The normalized spacial score (nSPS) is 19.1. The zero-order valence-corrected chi connectivity index (χ0v) is 24.1. The molecule has 200 valence electrons. The minimum Gasteiger partial charge on any atom is -0.396 e. The molecule has 38 heavy (non-hydrogen) atoms. The molecule has 1 amide bonds. The molecule has 0 N–H and O–H groups in total. The van der Waals surface area contributed by atoms with Gasteiger partial charge < -0.3 is 9.74 Å². The summed E-state index contributed by atoms with van der Waals surface area (Å²) < 4.78 is 1.06. The van der Waals surface area contributed by atoms with Crippen molar-refractivity contribution in [1.82, 2.24) is 19.8 Å². The van der Waals surface area contributed by atoms with E-state index in [9.17, 15) is 4.79 Å². The van der Waals surface area contributed by atoms with Gasteiger partial charge in [0.1, 0.15) is 6.61 Å². The van der Waals surface area contributed by atoms with Gasteiger partial charge in [-0.05, 0) is 89.4 Å². The van der Waals surface area contributed by atoms with E-state index in [1.54, 1.807) is 12.4 Å². The van der Waals surface area contributed by atoms with Crippen LogP contribution in [0.3, 0.4) is 0 Å². The number of carbonyl (C=O) groups excluding carboxylic acids is 1. The van der Waals surface area contributed by atoms with Crippen LogP contribution in [0.15, 0.2) is 58.4 Å². The van der Waals surface area contributed by atoms with E-state index in [4.69, 9.17) is 4.84 Å². The minimum absolute atomic E-state index is 0.0767. The highest BCUT2D eigenvalue weighted by atomic mass is 79.9. The standard InChI is InChI=1S/C30H36BrN5O2/c1-4-38-34-28(22-5-7-25(31)8-6-22)23-10-15-36(16-11-23)30(3)12-17-35(18-13-30)29(37)26-19-24-20-32-14-9-27(24)33-21(26)2/h5-9,14,19-20,23H,4,10-13,15-18H2,1-3H3. The van der Waals surface area contributed by atoms with Crippen LogP contribution < -0.4 is 0 Å². The molecule has 4 heterocycles. The first kappa shape index (κ1) is 26.8. The topological polar surface area (TPSA) is 70.9 Å². The first-order chi connectivity index (χ1) is 18.4. The number of pyridine rings is 2. The van der Waals surface area contributed by atoms with E-state index in [0.29, 0.717) is 18.1 Å². The van der Waals surface area contributed by atoms with E-state index in [-0.39, 0.29) is 11.4 Å². The number of amides is 1. The summed E-state index contributed by atoms with van der Waals surface area (Å²) in [6, 6.07) is 12.2. The summed E-state index contributed by atoms with van der Waals surface area (Å²) in [5, 5.41) is 5.44. The zero-order chi connectivity index (χ0) is 26.7. The summed E-state index contributed by atoms with van der Waals surface area (Å²) in [5.41, 5.74) is 4.62. The van der Waals surface area contributed by atoms with E-state index in [2.05, 4.69) is 67.1 Å². The first-order valence-electron chi connectivity index (χ1n) is 13.6. The fourth-order valence-electron chi connectivity index (χ4n) is 5.82. The molecule has 1 aromatic carbocycles. The van der Waals surface area contributed by atoms with Crippen molar-refractivity contribution in [1.29, 1.82) is 0 Å². The second-order valence-corrected chi connectivity index (χ2v) is 11.6. The summed E-state index contributed by atoms with van der Waals surface area (Å²) in [4.78, 5) is 32.4. The van der Waals surface area contributed by atoms with Crippen LogP contribution in [0.4, 0.5) is 0 Å². The minimum atomic E-state index is 0.0767. The van der Waals surface area contributed by atoms with Gasteiger partial charge in [0.25, 0.3) is 5.91 Å². The van der Waals surface area contributed by atoms with Crippen molar-refractivity contribution in [3.05, 3.63) is 70.1 Å². The number of rotatable bonds is 6. The van der Waals surface area contributed by atoms with Crippen molar-refractivity contribution in [2.24, 2.45) is 11.1 Å². The summed E-state index contributed by atoms with van der Waals surface area (Å²) in [6.45, 7) is 10.4. The van der Waals surface area contributed by atoms with Crippen molar-refractivity contribution in [3.63, 3.8) is 0 Å². The molecule has 7 nitrogen and oxygen atoms in total. The van der Waals surface area contributed by atoms with Gasteiger partial charge in [-0.3, -0.25) is 19.7 Å². The predicted molar refractivity (Wildman–Crippen MR) is 154 cm³/mol. The Morgan fingerprint density at radius 3 is 2.53 bits per heavy atom. The number of oxime groups is 1. The quantitative estimate of drug-likeness (QED) is 0.271. The molecule has 0 aliphatic carbocycles. The lowest BCUT2D eigenvalue weighted by Crippen LogP contribution is -2.56.